The summed E-state index contributed by atoms with van der Waals surface area (Å²) < 4.78 is 0. The van der Waals surface area contributed by atoms with E-state index in [-0.39, 0.29) is 11.4 Å². The Labute approximate surface area is 88.0 Å². The first kappa shape index (κ1) is 11.1. The Morgan fingerprint density at radius 3 is 2.40 bits per heavy atom. The summed E-state index contributed by atoms with van der Waals surface area (Å²) in [6, 6.07) is 3.32. The highest BCUT2D eigenvalue weighted by Gasteiger charge is 2.12. The molecule has 0 atom stereocenters. The number of carbonyl (C=O) groups excluding carboxylic acids is 2. The number of carbonyl (C=O) groups is 2. The van der Waals surface area contributed by atoms with Crippen LogP contribution in [0.4, 0.5) is 5.69 Å². The number of hydrogen-bond donors (Lipinski definition) is 1. The van der Waals surface area contributed by atoms with E-state index < -0.39 is 5.91 Å². The van der Waals surface area contributed by atoms with Crippen LogP contribution in [0, 0.1) is 0 Å². The Bertz CT molecular complexity index is 396. The van der Waals surface area contributed by atoms with Crippen molar-refractivity contribution in [3.8, 4) is 0 Å². The summed E-state index contributed by atoms with van der Waals surface area (Å²) in [5.74, 6) is -0.639. The second kappa shape index (κ2) is 5.05. The highest BCUT2D eigenvalue weighted by molar-refractivity contribution is 6.22. The molecule has 1 aromatic rings. The maximum absolute atomic E-state index is 11.6. The van der Waals surface area contributed by atoms with Gasteiger partial charge >= 0.3 is 0 Å². The molecule has 15 heavy (non-hydrogen) atoms. The van der Waals surface area contributed by atoms with Crippen LogP contribution >= 0.6 is 0 Å². The third-order valence-corrected chi connectivity index (χ3v) is 1.85. The lowest BCUT2D eigenvalue weighted by Gasteiger charge is -2.05. The Morgan fingerprint density at radius 2 is 1.93 bits per heavy atom. The smallest absolute Gasteiger partial charge is 0.258 e. The van der Waals surface area contributed by atoms with Gasteiger partial charge in [0.1, 0.15) is 0 Å². The summed E-state index contributed by atoms with van der Waals surface area (Å²) >= 11 is 0. The Balaban J connectivity index is 2.76. The molecule has 0 aromatic carbocycles. The van der Waals surface area contributed by atoms with E-state index in [1.807, 2.05) is 0 Å². The number of allylic oxidation sites excluding steroid dienone is 1. The third-order valence-electron chi connectivity index (χ3n) is 1.85. The predicted molar refractivity (Wildman–Crippen MR) is 57.3 cm³/mol. The first-order valence-electron chi connectivity index (χ1n) is 4.53. The molecular formula is C11H12N2O2. The van der Waals surface area contributed by atoms with Gasteiger partial charge < -0.3 is 5.32 Å². The van der Waals surface area contributed by atoms with Gasteiger partial charge in [0.15, 0.2) is 5.78 Å². The maximum Gasteiger partial charge on any atom is 0.258 e. The van der Waals surface area contributed by atoms with E-state index in [4.69, 9.17) is 0 Å². The molecule has 0 aliphatic rings. The number of amides is 1. The lowest BCUT2D eigenvalue weighted by atomic mass is 10.1. The van der Waals surface area contributed by atoms with Crippen LogP contribution in [0.15, 0.2) is 36.2 Å². The number of hydrogen-bond acceptors (Lipinski definition) is 3. The molecule has 0 fully saturated rings. The molecule has 1 N–H and O–H groups in total. The van der Waals surface area contributed by atoms with Crippen LogP contribution in [-0.2, 0) is 9.59 Å². The summed E-state index contributed by atoms with van der Waals surface area (Å²) in [5, 5.41) is 2.61. The molecule has 4 heteroatoms. The lowest BCUT2D eigenvalue weighted by molar-refractivity contribution is -0.118. The van der Waals surface area contributed by atoms with Gasteiger partial charge in [-0.1, -0.05) is 6.08 Å². The van der Waals surface area contributed by atoms with E-state index in [2.05, 4.69) is 10.3 Å². The number of rotatable bonds is 3. The van der Waals surface area contributed by atoms with E-state index in [1.165, 1.54) is 13.0 Å². The number of anilines is 1. The monoisotopic (exact) mass is 204 g/mol. The van der Waals surface area contributed by atoms with Gasteiger partial charge in [-0.3, -0.25) is 14.6 Å². The van der Waals surface area contributed by atoms with Gasteiger partial charge in [0, 0.05) is 18.1 Å². The quantitative estimate of drug-likeness (QED) is 0.461. The van der Waals surface area contributed by atoms with Crippen molar-refractivity contribution in [2.45, 2.75) is 13.8 Å². The first-order valence-corrected chi connectivity index (χ1v) is 4.53. The summed E-state index contributed by atoms with van der Waals surface area (Å²) in [5.41, 5.74) is 0.780. The SMILES string of the molecule is CC=C(C(C)=O)C(=O)Nc1ccncc1. The Hall–Kier alpha value is -1.97. The van der Waals surface area contributed by atoms with E-state index in [0.29, 0.717) is 5.69 Å². The van der Waals surface area contributed by atoms with E-state index in [1.54, 1.807) is 31.5 Å². The van der Waals surface area contributed by atoms with Crippen LogP contribution in [0.25, 0.3) is 0 Å². The molecule has 0 spiro atoms. The molecular weight excluding hydrogens is 192 g/mol. The van der Waals surface area contributed by atoms with Crippen LogP contribution in [0.5, 0.6) is 0 Å². The van der Waals surface area contributed by atoms with E-state index in [9.17, 15) is 9.59 Å². The lowest BCUT2D eigenvalue weighted by Crippen LogP contribution is -2.18. The van der Waals surface area contributed by atoms with Gasteiger partial charge in [0.25, 0.3) is 5.91 Å². The second-order valence-electron chi connectivity index (χ2n) is 2.95. The summed E-state index contributed by atoms with van der Waals surface area (Å²) in [4.78, 5) is 26.4. The minimum absolute atomic E-state index is 0.159. The van der Waals surface area contributed by atoms with E-state index in [0.717, 1.165) is 0 Å². The largest absolute Gasteiger partial charge is 0.322 e. The molecule has 78 valence electrons. The minimum Gasteiger partial charge on any atom is -0.322 e. The van der Waals surface area contributed by atoms with Crippen molar-refractivity contribution in [3.05, 3.63) is 36.2 Å². The fourth-order valence-electron chi connectivity index (χ4n) is 1.13. The van der Waals surface area contributed by atoms with Crippen LogP contribution < -0.4 is 5.32 Å². The van der Waals surface area contributed by atoms with Crippen LogP contribution in [0.2, 0.25) is 0 Å². The van der Waals surface area contributed by atoms with Gasteiger partial charge in [-0.2, -0.15) is 0 Å². The molecule has 0 aliphatic heterocycles. The zero-order chi connectivity index (χ0) is 11.3. The fraction of sp³-hybridized carbons (Fsp3) is 0.182. The summed E-state index contributed by atoms with van der Waals surface area (Å²) in [6.07, 6.45) is 4.64. The Kier molecular flexibility index (Phi) is 3.74. The number of nitrogens with zero attached hydrogens (tertiary/aromatic N) is 1. The number of aromatic nitrogens is 1. The first-order chi connectivity index (χ1) is 7.15. The molecule has 0 unspecified atom stereocenters. The van der Waals surface area contributed by atoms with Crippen molar-refractivity contribution < 1.29 is 9.59 Å². The van der Waals surface area contributed by atoms with Gasteiger partial charge in [-0.05, 0) is 26.0 Å². The van der Waals surface area contributed by atoms with Crippen LogP contribution in [-0.4, -0.2) is 16.7 Å². The topological polar surface area (TPSA) is 59.1 Å². The summed E-state index contributed by atoms with van der Waals surface area (Å²) in [7, 11) is 0. The number of pyridine rings is 1. The van der Waals surface area contributed by atoms with Crippen molar-refractivity contribution in [2.24, 2.45) is 0 Å². The highest BCUT2D eigenvalue weighted by atomic mass is 16.2. The fourth-order valence-corrected chi connectivity index (χ4v) is 1.13. The zero-order valence-electron chi connectivity index (χ0n) is 8.65. The Morgan fingerprint density at radius 1 is 1.33 bits per heavy atom. The predicted octanol–water partition coefficient (Wildman–Crippen LogP) is 1.56. The summed E-state index contributed by atoms with van der Waals surface area (Å²) in [6.45, 7) is 3.02. The van der Waals surface area contributed by atoms with Crippen molar-refractivity contribution in [3.63, 3.8) is 0 Å². The van der Waals surface area contributed by atoms with Crippen molar-refractivity contribution in [1.29, 1.82) is 0 Å². The highest BCUT2D eigenvalue weighted by Crippen LogP contribution is 2.06. The molecule has 1 rings (SSSR count). The number of nitrogens with one attached hydrogen (secondary N) is 1. The average molecular weight is 204 g/mol. The van der Waals surface area contributed by atoms with Crippen molar-refractivity contribution in [2.75, 3.05) is 5.32 Å². The van der Waals surface area contributed by atoms with Gasteiger partial charge in [-0.15, -0.1) is 0 Å². The van der Waals surface area contributed by atoms with Crippen LogP contribution in [0.3, 0.4) is 0 Å². The van der Waals surface area contributed by atoms with Crippen molar-refractivity contribution >= 4 is 17.4 Å². The zero-order valence-corrected chi connectivity index (χ0v) is 8.65. The molecule has 4 nitrogen and oxygen atoms in total. The second-order valence-corrected chi connectivity index (χ2v) is 2.95. The normalized spacial score (nSPS) is 10.9. The molecule has 1 heterocycles. The number of ketones is 1. The standard InChI is InChI=1S/C11H12N2O2/c1-3-10(8(2)14)11(15)13-9-4-6-12-7-5-9/h3-7H,1-2H3,(H,12,13,15). The molecule has 1 aromatic heterocycles. The van der Waals surface area contributed by atoms with E-state index >= 15 is 0 Å². The molecule has 0 saturated carbocycles. The maximum atomic E-state index is 11.6. The van der Waals surface area contributed by atoms with Gasteiger partial charge in [0.2, 0.25) is 0 Å². The molecule has 0 aliphatic carbocycles. The molecule has 0 bridgehead atoms. The number of Topliss-reactive ketones (excluding diaryl/α,β-unsaturated/α-hetero) is 1. The molecule has 1 amide bonds. The minimum atomic E-state index is -0.392. The van der Waals surface area contributed by atoms with Crippen molar-refractivity contribution in [1.82, 2.24) is 4.98 Å². The molecule has 0 radical (unpaired) electrons. The average Bonchev–Trinajstić information content (AvgIpc) is 2.19. The van der Waals surface area contributed by atoms with Crippen LogP contribution in [0.1, 0.15) is 13.8 Å². The third kappa shape index (κ3) is 3.02. The van der Waals surface area contributed by atoms with Gasteiger partial charge in [0.05, 0.1) is 5.57 Å². The van der Waals surface area contributed by atoms with Gasteiger partial charge in [-0.25, -0.2) is 0 Å². The molecule has 0 saturated heterocycles.